The number of nitrogens with zero attached hydrogens (tertiary/aromatic N) is 2. The summed E-state index contributed by atoms with van der Waals surface area (Å²) in [6.45, 7) is 6.65. The Morgan fingerprint density at radius 2 is 2.11 bits per heavy atom. The van der Waals surface area contributed by atoms with Crippen LogP contribution in [0.25, 0.3) is 0 Å². The van der Waals surface area contributed by atoms with Crippen molar-refractivity contribution in [3.05, 3.63) is 22.4 Å². The second-order valence-electron chi connectivity index (χ2n) is 5.09. The van der Waals surface area contributed by atoms with E-state index in [2.05, 4.69) is 22.2 Å². The zero-order valence-corrected chi connectivity index (χ0v) is 12.4. The molecule has 5 heteroatoms. The summed E-state index contributed by atoms with van der Waals surface area (Å²) < 4.78 is 0. The lowest BCUT2D eigenvalue weighted by Gasteiger charge is -2.32. The summed E-state index contributed by atoms with van der Waals surface area (Å²) >= 11 is 1.49. The molecule has 1 aliphatic rings. The largest absolute Gasteiger partial charge is 0.351 e. The van der Waals surface area contributed by atoms with Gasteiger partial charge in [-0.05, 0) is 37.9 Å². The van der Waals surface area contributed by atoms with Gasteiger partial charge in [0.05, 0.1) is 4.88 Å². The Bertz CT molecular complexity index is 372. The van der Waals surface area contributed by atoms with Crippen molar-refractivity contribution in [1.82, 2.24) is 15.1 Å². The molecule has 0 aliphatic carbocycles. The molecule has 0 bridgehead atoms. The van der Waals surface area contributed by atoms with Crippen LogP contribution in [-0.4, -0.2) is 62.0 Å². The van der Waals surface area contributed by atoms with E-state index in [1.165, 1.54) is 37.5 Å². The summed E-state index contributed by atoms with van der Waals surface area (Å²) in [6.07, 6.45) is 2.22. The van der Waals surface area contributed by atoms with Crippen LogP contribution < -0.4 is 5.32 Å². The van der Waals surface area contributed by atoms with Crippen LogP contribution in [0.2, 0.25) is 0 Å². The number of carbonyl (C=O) groups excluding carboxylic acids is 1. The van der Waals surface area contributed by atoms with Crippen molar-refractivity contribution in [2.24, 2.45) is 0 Å². The number of thiophene rings is 1. The normalized spacial score (nSPS) is 17.5. The highest BCUT2D eigenvalue weighted by molar-refractivity contribution is 7.12. The lowest BCUT2D eigenvalue weighted by Crippen LogP contribution is -2.44. The fraction of sp³-hybridized carbons (Fsp3) is 0.643. The first-order chi connectivity index (χ1) is 9.25. The van der Waals surface area contributed by atoms with Gasteiger partial charge in [0.25, 0.3) is 5.91 Å². The van der Waals surface area contributed by atoms with Crippen molar-refractivity contribution in [1.29, 1.82) is 0 Å². The lowest BCUT2D eigenvalue weighted by atomic mass is 10.2. The number of likely N-dealkylation sites (N-methyl/N-ethyl adjacent to an activating group) is 1. The monoisotopic (exact) mass is 281 g/mol. The summed E-state index contributed by atoms with van der Waals surface area (Å²) in [5, 5.41) is 4.91. The minimum absolute atomic E-state index is 0.0644. The maximum atomic E-state index is 11.7. The van der Waals surface area contributed by atoms with Crippen molar-refractivity contribution in [2.45, 2.75) is 12.8 Å². The number of piperazine rings is 1. The second kappa shape index (κ2) is 7.62. The van der Waals surface area contributed by atoms with Crippen LogP contribution in [0.1, 0.15) is 22.5 Å². The van der Waals surface area contributed by atoms with Crippen LogP contribution in [0, 0.1) is 0 Å². The van der Waals surface area contributed by atoms with Crippen LogP contribution in [0.3, 0.4) is 0 Å². The van der Waals surface area contributed by atoms with Crippen LogP contribution in [0.15, 0.2) is 17.5 Å². The zero-order chi connectivity index (χ0) is 13.5. The summed E-state index contributed by atoms with van der Waals surface area (Å²) in [5.41, 5.74) is 0. The van der Waals surface area contributed by atoms with Gasteiger partial charge in [-0.25, -0.2) is 0 Å². The highest BCUT2D eigenvalue weighted by Crippen LogP contribution is 2.07. The molecule has 1 aromatic rings. The Morgan fingerprint density at radius 3 is 2.79 bits per heavy atom. The van der Waals surface area contributed by atoms with Gasteiger partial charge in [0, 0.05) is 32.7 Å². The Morgan fingerprint density at radius 1 is 1.32 bits per heavy atom. The predicted octanol–water partition coefficient (Wildman–Crippen LogP) is 1.51. The molecule has 0 atom stereocenters. The Balaban J connectivity index is 1.51. The van der Waals surface area contributed by atoms with Crippen LogP contribution >= 0.6 is 11.3 Å². The molecule has 0 radical (unpaired) electrons. The number of unbranched alkanes of at least 4 members (excludes halogenated alkanes) is 1. The predicted molar refractivity (Wildman–Crippen MR) is 79.8 cm³/mol. The number of hydrogen-bond acceptors (Lipinski definition) is 4. The first kappa shape index (κ1) is 14.5. The number of rotatable bonds is 6. The summed E-state index contributed by atoms with van der Waals surface area (Å²) in [7, 11) is 2.18. The van der Waals surface area contributed by atoms with Crippen molar-refractivity contribution in [3.8, 4) is 0 Å². The van der Waals surface area contributed by atoms with E-state index in [0.717, 1.165) is 30.8 Å². The van der Waals surface area contributed by atoms with E-state index in [4.69, 9.17) is 0 Å². The van der Waals surface area contributed by atoms with Crippen LogP contribution in [0.5, 0.6) is 0 Å². The highest BCUT2D eigenvalue weighted by atomic mass is 32.1. The molecule has 1 fully saturated rings. The van der Waals surface area contributed by atoms with Crippen molar-refractivity contribution in [2.75, 3.05) is 46.3 Å². The van der Waals surface area contributed by atoms with Gasteiger partial charge in [0.15, 0.2) is 0 Å². The molecule has 1 aromatic heterocycles. The van der Waals surface area contributed by atoms with Gasteiger partial charge < -0.3 is 15.1 Å². The quantitative estimate of drug-likeness (QED) is 0.803. The molecule has 0 saturated carbocycles. The molecule has 4 nitrogen and oxygen atoms in total. The molecule has 0 aromatic carbocycles. The minimum atomic E-state index is 0.0644. The second-order valence-corrected chi connectivity index (χ2v) is 6.03. The van der Waals surface area contributed by atoms with E-state index in [1.54, 1.807) is 0 Å². The summed E-state index contributed by atoms with van der Waals surface area (Å²) in [4.78, 5) is 17.4. The average Bonchev–Trinajstić information content (AvgIpc) is 2.94. The van der Waals surface area contributed by atoms with Gasteiger partial charge in [0.1, 0.15) is 0 Å². The third-order valence-corrected chi connectivity index (χ3v) is 4.40. The molecule has 1 N–H and O–H groups in total. The van der Waals surface area contributed by atoms with E-state index >= 15 is 0 Å². The molecule has 2 rings (SSSR count). The molecule has 2 heterocycles. The van der Waals surface area contributed by atoms with Crippen molar-refractivity contribution >= 4 is 17.2 Å². The molecule has 1 saturated heterocycles. The average molecular weight is 281 g/mol. The third kappa shape index (κ3) is 4.93. The fourth-order valence-corrected chi connectivity index (χ4v) is 2.87. The molecule has 1 aliphatic heterocycles. The number of carbonyl (C=O) groups is 1. The van der Waals surface area contributed by atoms with E-state index in [1.807, 2.05) is 17.5 Å². The van der Waals surface area contributed by atoms with Gasteiger partial charge >= 0.3 is 0 Å². The summed E-state index contributed by atoms with van der Waals surface area (Å²) in [6, 6.07) is 3.77. The Hall–Kier alpha value is -0.910. The van der Waals surface area contributed by atoms with Crippen LogP contribution in [-0.2, 0) is 0 Å². The van der Waals surface area contributed by atoms with Gasteiger partial charge in [-0.15, -0.1) is 11.3 Å². The first-order valence-electron chi connectivity index (χ1n) is 6.98. The fourth-order valence-electron chi connectivity index (χ4n) is 2.23. The van der Waals surface area contributed by atoms with Gasteiger partial charge in [-0.2, -0.15) is 0 Å². The maximum absolute atomic E-state index is 11.7. The lowest BCUT2D eigenvalue weighted by molar-refractivity contribution is 0.0956. The Kier molecular flexibility index (Phi) is 5.82. The summed E-state index contributed by atoms with van der Waals surface area (Å²) in [5.74, 6) is 0.0644. The van der Waals surface area contributed by atoms with E-state index < -0.39 is 0 Å². The molecule has 106 valence electrons. The highest BCUT2D eigenvalue weighted by Gasteiger charge is 2.12. The molecule has 19 heavy (non-hydrogen) atoms. The zero-order valence-electron chi connectivity index (χ0n) is 11.6. The smallest absolute Gasteiger partial charge is 0.261 e. The topological polar surface area (TPSA) is 35.6 Å². The van der Waals surface area contributed by atoms with E-state index in [-0.39, 0.29) is 5.91 Å². The molecule has 0 spiro atoms. The number of nitrogens with one attached hydrogen (secondary N) is 1. The molecule has 0 unspecified atom stereocenters. The molecular weight excluding hydrogens is 258 g/mol. The van der Waals surface area contributed by atoms with Gasteiger partial charge in [-0.1, -0.05) is 6.07 Å². The first-order valence-corrected chi connectivity index (χ1v) is 7.86. The maximum Gasteiger partial charge on any atom is 0.261 e. The molecular formula is C14H23N3OS. The van der Waals surface area contributed by atoms with Crippen molar-refractivity contribution in [3.63, 3.8) is 0 Å². The molecule has 1 amide bonds. The number of hydrogen-bond donors (Lipinski definition) is 1. The minimum Gasteiger partial charge on any atom is -0.351 e. The van der Waals surface area contributed by atoms with E-state index in [9.17, 15) is 4.79 Å². The van der Waals surface area contributed by atoms with Gasteiger partial charge in [0.2, 0.25) is 0 Å². The SMILES string of the molecule is CN1CCN(CCCCNC(=O)c2cccs2)CC1. The standard InChI is InChI=1S/C14H23N3OS/c1-16-8-10-17(11-9-16)7-3-2-6-15-14(18)13-5-4-12-19-13/h4-5,12H,2-3,6-11H2,1H3,(H,15,18). The number of amides is 1. The van der Waals surface area contributed by atoms with Gasteiger partial charge in [-0.3, -0.25) is 4.79 Å². The van der Waals surface area contributed by atoms with E-state index in [0.29, 0.717) is 0 Å². The van der Waals surface area contributed by atoms with Crippen molar-refractivity contribution < 1.29 is 4.79 Å². The third-order valence-electron chi connectivity index (χ3n) is 3.53. The Labute approximate surface area is 119 Å². The van der Waals surface area contributed by atoms with Crippen LogP contribution in [0.4, 0.5) is 0 Å².